The Labute approximate surface area is 270 Å². The predicted octanol–water partition coefficient (Wildman–Crippen LogP) is 13.1. The number of hydrogen-bond donors (Lipinski definition) is 0. The Balaban J connectivity index is 1.21. The van der Waals surface area contributed by atoms with Crippen LogP contribution in [0.1, 0.15) is 0 Å². The summed E-state index contributed by atoms with van der Waals surface area (Å²) >= 11 is 3.75. The maximum absolute atomic E-state index is 6.54. The van der Waals surface area contributed by atoms with E-state index in [0.717, 1.165) is 27.6 Å². The molecule has 0 aliphatic carbocycles. The Kier molecular flexibility index (Phi) is 4.90. The summed E-state index contributed by atoms with van der Waals surface area (Å²) in [4.78, 5) is 0. The molecule has 2 nitrogen and oxygen atoms in total. The van der Waals surface area contributed by atoms with E-state index in [1.807, 2.05) is 22.7 Å². The quantitative estimate of drug-likeness (QED) is 0.188. The van der Waals surface area contributed by atoms with Crippen LogP contribution < -0.4 is 0 Å². The van der Waals surface area contributed by atoms with Crippen LogP contribution in [0.15, 0.2) is 144 Å². The van der Waals surface area contributed by atoms with Gasteiger partial charge in [0.1, 0.15) is 11.2 Å². The molecule has 4 heteroatoms. The molecule has 0 N–H and O–H groups in total. The molecular formula is C42H23NOS2. The number of para-hydroxylation sites is 1. The first kappa shape index (κ1) is 24.8. The molecule has 0 unspecified atom stereocenters. The van der Waals surface area contributed by atoms with Crippen LogP contribution in [0.25, 0.3) is 101 Å². The molecule has 0 saturated carbocycles. The van der Waals surface area contributed by atoms with Crippen molar-refractivity contribution in [1.29, 1.82) is 0 Å². The lowest BCUT2D eigenvalue weighted by atomic mass is 10.0. The van der Waals surface area contributed by atoms with E-state index >= 15 is 0 Å². The summed E-state index contributed by atoms with van der Waals surface area (Å²) in [5, 5.41) is 10.1. The van der Waals surface area contributed by atoms with Crippen molar-refractivity contribution >= 4 is 107 Å². The lowest BCUT2D eigenvalue weighted by molar-refractivity contribution is 0.669. The van der Waals surface area contributed by atoms with Crippen molar-refractivity contribution in [2.45, 2.75) is 0 Å². The average molecular weight is 622 g/mol. The maximum Gasteiger partial charge on any atom is 0.137 e. The SMILES string of the molecule is c1cc(-n2c3ccccc3c3ccc4c5ccccc5sc4c32)c2c(c1)oc1ccc(-c3ccc4c(c3)sc3ccccc34)cc12. The number of hydrogen-bond acceptors (Lipinski definition) is 3. The van der Waals surface area contributed by atoms with Crippen LogP contribution in [0.3, 0.4) is 0 Å². The summed E-state index contributed by atoms with van der Waals surface area (Å²) < 4.78 is 14.3. The molecule has 11 rings (SSSR count). The normalized spacial score (nSPS) is 12.3. The fourth-order valence-electron chi connectivity index (χ4n) is 7.56. The summed E-state index contributed by atoms with van der Waals surface area (Å²) in [6, 6.07) is 50.9. The number of thiophene rings is 2. The Morgan fingerprint density at radius 2 is 1.11 bits per heavy atom. The minimum absolute atomic E-state index is 0.902. The predicted molar refractivity (Wildman–Crippen MR) is 199 cm³/mol. The smallest absolute Gasteiger partial charge is 0.137 e. The van der Waals surface area contributed by atoms with E-state index in [2.05, 4.69) is 144 Å². The monoisotopic (exact) mass is 621 g/mol. The van der Waals surface area contributed by atoms with E-state index < -0.39 is 0 Å². The van der Waals surface area contributed by atoms with Gasteiger partial charge in [-0.05, 0) is 59.7 Å². The van der Waals surface area contributed by atoms with E-state index in [0.29, 0.717) is 0 Å². The van der Waals surface area contributed by atoms with Gasteiger partial charge in [0.25, 0.3) is 0 Å². The van der Waals surface area contributed by atoms with Gasteiger partial charge in [-0.15, -0.1) is 22.7 Å². The van der Waals surface area contributed by atoms with Gasteiger partial charge in [0.2, 0.25) is 0 Å². The molecule has 0 fully saturated rings. The second kappa shape index (κ2) is 9.07. The zero-order chi connectivity index (χ0) is 29.9. The molecule has 0 spiro atoms. The maximum atomic E-state index is 6.54. The van der Waals surface area contributed by atoms with Crippen molar-refractivity contribution in [3.63, 3.8) is 0 Å². The number of aromatic nitrogens is 1. The Bertz CT molecular complexity index is 3040. The number of rotatable bonds is 2. The molecular weight excluding hydrogens is 599 g/mol. The fraction of sp³-hybridized carbons (Fsp3) is 0. The van der Waals surface area contributed by atoms with Gasteiger partial charge in [0.15, 0.2) is 0 Å². The highest BCUT2D eigenvalue weighted by atomic mass is 32.1. The number of nitrogens with zero attached hydrogens (tertiary/aromatic N) is 1. The summed E-state index contributed by atoms with van der Waals surface area (Å²) in [5.74, 6) is 0. The first-order valence-corrected chi connectivity index (χ1v) is 17.1. The zero-order valence-corrected chi connectivity index (χ0v) is 26.1. The molecule has 0 aliphatic rings. The van der Waals surface area contributed by atoms with Crippen molar-refractivity contribution in [2.24, 2.45) is 0 Å². The summed E-state index contributed by atoms with van der Waals surface area (Å²) in [6.45, 7) is 0. The van der Waals surface area contributed by atoms with E-state index in [1.54, 1.807) is 0 Å². The van der Waals surface area contributed by atoms with Gasteiger partial charge in [-0.25, -0.2) is 0 Å². The van der Waals surface area contributed by atoms with Gasteiger partial charge < -0.3 is 8.98 Å². The minimum atomic E-state index is 0.902. The highest BCUT2D eigenvalue weighted by Gasteiger charge is 2.21. The van der Waals surface area contributed by atoms with E-state index in [4.69, 9.17) is 4.42 Å². The molecule has 0 saturated heterocycles. The van der Waals surface area contributed by atoms with Gasteiger partial charge >= 0.3 is 0 Å². The van der Waals surface area contributed by atoms with Crippen LogP contribution in [0.4, 0.5) is 0 Å². The topological polar surface area (TPSA) is 18.1 Å². The van der Waals surface area contributed by atoms with Gasteiger partial charge in [-0.1, -0.05) is 91.0 Å². The molecule has 11 aromatic rings. The second-order valence-corrected chi connectivity index (χ2v) is 14.2. The summed E-state index contributed by atoms with van der Waals surface area (Å²) in [5.41, 5.74) is 7.82. The van der Waals surface area contributed by atoms with Gasteiger partial charge in [-0.2, -0.15) is 0 Å². The van der Waals surface area contributed by atoms with Crippen molar-refractivity contribution < 1.29 is 4.42 Å². The second-order valence-electron chi connectivity index (χ2n) is 12.1. The Hall–Kier alpha value is -5.42. The molecule has 4 heterocycles. The van der Waals surface area contributed by atoms with Crippen molar-refractivity contribution in [3.05, 3.63) is 140 Å². The van der Waals surface area contributed by atoms with Crippen LogP contribution >= 0.6 is 22.7 Å². The van der Waals surface area contributed by atoms with Crippen LogP contribution in [0.5, 0.6) is 0 Å². The lowest BCUT2D eigenvalue weighted by Crippen LogP contribution is -1.94. The molecule has 0 atom stereocenters. The van der Waals surface area contributed by atoms with Crippen molar-refractivity contribution in [3.8, 4) is 16.8 Å². The van der Waals surface area contributed by atoms with E-state index in [9.17, 15) is 0 Å². The number of fused-ring (bicyclic) bond motifs is 13. The highest BCUT2D eigenvalue weighted by Crippen LogP contribution is 2.45. The highest BCUT2D eigenvalue weighted by molar-refractivity contribution is 7.26. The zero-order valence-electron chi connectivity index (χ0n) is 24.5. The number of benzene rings is 7. The Morgan fingerprint density at radius 3 is 2.00 bits per heavy atom. The van der Waals surface area contributed by atoms with Gasteiger partial charge in [-0.3, -0.25) is 0 Å². The Morgan fingerprint density at radius 1 is 0.435 bits per heavy atom. The van der Waals surface area contributed by atoms with Crippen LogP contribution in [-0.4, -0.2) is 4.57 Å². The largest absolute Gasteiger partial charge is 0.456 e. The summed E-state index contributed by atoms with van der Waals surface area (Å²) in [7, 11) is 0. The molecule has 0 radical (unpaired) electrons. The third kappa shape index (κ3) is 3.30. The van der Waals surface area contributed by atoms with Crippen LogP contribution in [0, 0.1) is 0 Å². The van der Waals surface area contributed by atoms with Crippen LogP contribution in [-0.2, 0) is 0 Å². The molecule has 7 aromatic carbocycles. The molecule has 0 aliphatic heterocycles. The lowest BCUT2D eigenvalue weighted by Gasteiger charge is -2.10. The molecule has 4 aromatic heterocycles. The van der Waals surface area contributed by atoms with E-state index in [-0.39, 0.29) is 0 Å². The third-order valence-corrected chi connectivity index (χ3v) is 11.9. The first-order chi connectivity index (χ1) is 22.8. The van der Waals surface area contributed by atoms with Gasteiger partial charge in [0, 0.05) is 51.8 Å². The number of furan rings is 1. The van der Waals surface area contributed by atoms with Crippen molar-refractivity contribution in [2.75, 3.05) is 0 Å². The van der Waals surface area contributed by atoms with E-state index in [1.165, 1.54) is 73.3 Å². The van der Waals surface area contributed by atoms with Gasteiger partial charge in [0.05, 0.1) is 26.8 Å². The third-order valence-electron chi connectivity index (χ3n) is 9.61. The summed E-state index contributed by atoms with van der Waals surface area (Å²) in [6.07, 6.45) is 0. The minimum Gasteiger partial charge on any atom is -0.456 e. The standard InChI is InChI=1S/C42H23NOS2/c1-4-11-33-26(8-1)30-19-20-31-28-10-3-6-15-38(28)46-42(31)41(30)43(33)34-12-7-13-36-40(34)32-22-24(17-21-35(32)44-36)25-16-18-29-27-9-2-5-14-37(27)45-39(29)23-25/h1-23H. The molecule has 0 bridgehead atoms. The average Bonchev–Trinajstić information content (AvgIpc) is 3.86. The molecule has 0 amide bonds. The van der Waals surface area contributed by atoms with Crippen LogP contribution in [0.2, 0.25) is 0 Å². The first-order valence-electron chi connectivity index (χ1n) is 15.5. The van der Waals surface area contributed by atoms with Crippen molar-refractivity contribution in [1.82, 2.24) is 4.57 Å². The fourth-order valence-corrected chi connectivity index (χ4v) is 9.95. The molecule has 46 heavy (non-hydrogen) atoms. The molecule has 214 valence electrons.